The maximum Gasteiger partial charge on any atom is 0.339 e. The predicted molar refractivity (Wildman–Crippen MR) is 73.8 cm³/mol. The lowest BCUT2D eigenvalue weighted by Crippen LogP contribution is -2.02. The molecule has 0 aliphatic rings. The largest absolute Gasteiger partial charge is 0.478 e. The van der Waals surface area contributed by atoms with Crippen LogP contribution in [-0.4, -0.2) is 21.0 Å². The summed E-state index contributed by atoms with van der Waals surface area (Å²) in [6, 6.07) is 5.80. The molecule has 0 fully saturated rings. The first-order valence-corrected chi connectivity index (χ1v) is 6.01. The van der Waals surface area contributed by atoms with Gasteiger partial charge < -0.3 is 9.84 Å². The number of nitro groups is 1. The summed E-state index contributed by atoms with van der Waals surface area (Å²) in [5, 5.41) is 20.0. The van der Waals surface area contributed by atoms with Crippen molar-refractivity contribution in [2.45, 2.75) is 13.8 Å². The number of carbonyl (C=O) groups is 1. The number of aryl methyl sites for hydroxylation is 2. The van der Waals surface area contributed by atoms with E-state index in [0.717, 1.165) is 5.56 Å². The van der Waals surface area contributed by atoms with E-state index in [1.807, 2.05) is 0 Å². The van der Waals surface area contributed by atoms with Crippen molar-refractivity contribution in [3.8, 4) is 11.6 Å². The van der Waals surface area contributed by atoms with Crippen LogP contribution in [0.5, 0.6) is 11.6 Å². The molecule has 1 heterocycles. The van der Waals surface area contributed by atoms with E-state index < -0.39 is 10.9 Å². The van der Waals surface area contributed by atoms with Crippen LogP contribution in [0.2, 0.25) is 0 Å². The minimum atomic E-state index is -1.14. The van der Waals surface area contributed by atoms with E-state index in [2.05, 4.69) is 4.98 Å². The second-order valence-corrected chi connectivity index (χ2v) is 4.47. The molecule has 1 aromatic heterocycles. The number of carboxylic acid groups (broad SMARTS) is 1. The molecule has 0 aliphatic carbocycles. The number of aromatic nitrogens is 1. The van der Waals surface area contributed by atoms with Gasteiger partial charge in [0.2, 0.25) is 5.88 Å². The molecule has 7 heteroatoms. The van der Waals surface area contributed by atoms with Gasteiger partial charge in [-0.25, -0.2) is 9.78 Å². The number of carboxylic acids is 1. The molecule has 0 radical (unpaired) electrons. The van der Waals surface area contributed by atoms with E-state index in [1.54, 1.807) is 19.9 Å². The summed E-state index contributed by atoms with van der Waals surface area (Å²) in [6.45, 7) is 3.31. The molecule has 7 nitrogen and oxygen atoms in total. The number of ether oxygens (including phenoxy) is 1. The first-order valence-electron chi connectivity index (χ1n) is 6.01. The third-order valence-corrected chi connectivity index (χ3v) is 2.83. The third kappa shape index (κ3) is 3.14. The Balaban J connectivity index is 2.41. The maximum atomic E-state index is 11.2. The average molecular weight is 288 g/mol. The van der Waals surface area contributed by atoms with Crippen LogP contribution in [0.3, 0.4) is 0 Å². The summed E-state index contributed by atoms with van der Waals surface area (Å²) >= 11 is 0. The number of nitrogens with zero attached hydrogens (tertiary/aromatic N) is 2. The Morgan fingerprint density at radius 1 is 1.33 bits per heavy atom. The normalized spacial score (nSPS) is 10.2. The first kappa shape index (κ1) is 14.4. The van der Waals surface area contributed by atoms with Crippen LogP contribution in [-0.2, 0) is 0 Å². The maximum absolute atomic E-state index is 11.2. The molecular formula is C14H12N2O5. The first-order chi connectivity index (χ1) is 9.88. The minimum Gasteiger partial charge on any atom is -0.478 e. The van der Waals surface area contributed by atoms with E-state index in [-0.39, 0.29) is 22.9 Å². The Bertz CT molecular complexity index is 727. The Kier molecular flexibility index (Phi) is 3.84. The molecule has 0 bridgehead atoms. The molecule has 2 rings (SSSR count). The number of pyridine rings is 1. The Morgan fingerprint density at radius 2 is 2.05 bits per heavy atom. The van der Waals surface area contributed by atoms with Crippen molar-refractivity contribution in [3.63, 3.8) is 0 Å². The average Bonchev–Trinajstić information content (AvgIpc) is 2.42. The van der Waals surface area contributed by atoms with Gasteiger partial charge in [-0.1, -0.05) is 11.6 Å². The fourth-order valence-corrected chi connectivity index (χ4v) is 1.76. The van der Waals surface area contributed by atoms with Crippen molar-refractivity contribution in [3.05, 3.63) is 57.3 Å². The van der Waals surface area contributed by atoms with Crippen LogP contribution >= 0.6 is 0 Å². The van der Waals surface area contributed by atoms with E-state index in [0.29, 0.717) is 5.56 Å². The quantitative estimate of drug-likeness (QED) is 0.685. The van der Waals surface area contributed by atoms with E-state index in [9.17, 15) is 14.9 Å². The molecule has 0 atom stereocenters. The number of rotatable bonds is 4. The monoisotopic (exact) mass is 288 g/mol. The highest BCUT2D eigenvalue weighted by Crippen LogP contribution is 2.28. The molecule has 0 saturated carbocycles. The van der Waals surface area contributed by atoms with Crippen molar-refractivity contribution < 1.29 is 19.6 Å². The molecule has 0 unspecified atom stereocenters. The lowest BCUT2D eigenvalue weighted by molar-refractivity contribution is -0.385. The van der Waals surface area contributed by atoms with Crippen LogP contribution in [0.15, 0.2) is 30.5 Å². The molecule has 2 aromatic rings. The standard InChI is InChI=1S/C14H12N2O5/c1-8-3-4-12(10(5-8)14(17)18)21-13-6-11(16(19)20)9(2)7-15-13/h3-7H,1-2H3,(H,17,18). The number of hydrogen-bond donors (Lipinski definition) is 1. The molecule has 1 aromatic carbocycles. The fraction of sp³-hybridized carbons (Fsp3) is 0.143. The Labute approximate surface area is 120 Å². The highest BCUT2D eigenvalue weighted by Gasteiger charge is 2.16. The van der Waals surface area contributed by atoms with Crippen LogP contribution in [0.25, 0.3) is 0 Å². The predicted octanol–water partition coefficient (Wildman–Crippen LogP) is 3.10. The third-order valence-electron chi connectivity index (χ3n) is 2.83. The van der Waals surface area contributed by atoms with Crippen molar-refractivity contribution in [1.82, 2.24) is 4.98 Å². The van der Waals surface area contributed by atoms with Crippen molar-refractivity contribution in [2.24, 2.45) is 0 Å². The van der Waals surface area contributed by atoms with Crippen LogP contribution in [0.4, 0.5) is 5.69 Å². The van der Waals surface area contributed by atoms with Crippen LogP contribution < -0.4 is 4.74 Å². The smallest absolute Gasteiger partial charge is 0.339 e. The van der Waals surface area contributed by atoms with Crippen molar-refractivity contribution in [2.75, 3.05) is 0 Å². The van der Waals surface area contributed by atoms with Gasteiger partial charge in [-0.3, -0.25) is 10.1 Å². The molecule has 0 amide bonds. The molecule has 1 N–H and O–H groups in total. The van der Waals surface area contributed by atoms with Gasteiger partial charge in [-0.05, 0) is 26.0 Å². The van der Waals surface area contributed by atoms with Gasteiger partial charge >= 0.3 is 5.97 Å². The van der Waals surface area contributed by atoms with E-state index in [4.69, 9.17) is 9.84 Å². The minimum absolute atomic E-state index is 0.0278. The molecule has 21 heavy (non-hydrogen) atoms. The fourth-order valence-electron chi connectivity index (χ4n) is 1.76. The van der Waals surface area contributed by atoms with Crippen molar-refractivity contribution >= 4 is 11.7 Å². The van der Waals surface area contributed by atoms with Gasteiger partial charge in [0.15, 0.2) is 0 Å². The zero-order chi connectivity index (χ0) is 15.6. The molecule has 0 saturated heterocycles. The summed E-state index contributed by atoms with van der Waals surface area (Å²) in [4.78, 5) is 25.4. The van der Waals surface area contributed by atoms with Crippen LogP contribution in [0, 0.1) is 24.0 Å². The Hall–Kier alpha value is -2.96. The zero-order valence-electron chi connectivity index (χ0n) is 11.4. The number of aromatic carboxylic acids is 1. The number of benzene rings is 1. The van der Waals surface area contributed by atoms with Crippen molar-refractivity contribution in [1.29, 1.82) is 0 Å². The highest BCUT2D eigenvalue weighted by molar-refractivity contribution is 5.91. The summed E-state index contributed by atoms with van der Waals surface area (Å²) in [5.41, 5.74) is 1.00. The topological polar surface area (TPSA) is 103 Å². The summed E-state index contributed by atoms with van der Waals surface area (Å²) in [7, 11) is 0. The van der Waals surface area contributed by atoms with Crippen LogP contribution in [0.1, 0.15) is 21.5 Å². The van der Waals surface area contributed by atoms with E-state index >= 15 is 0 Å². The van der Waals surface area contributed by atoms with Gasteiger partial charge in [-0.2, -0.15) is 0 Å². The van der Waals surface area contributed by atoms with E-state index in [1.165, 1.54) is 24.4 Å². The SMILES string of the molecule is Cc1ccc(Oc2cc([N+](=O)[O-])c(C)cn2)c(C(=O)O)c1. The Morgan fingerprint density at radius 3 is 2.67 bits per heavy atom. The van der Waals surface area contributed by atoms with Gasteiger partial charge in [0.25, 0.3) is 5.69 Å². The molecule has 0 aliphatic heterocycles. The van der Waals surface area contributed by atoms with Gasteiger partial charge in [0.1, 0.15) is 11.3 Å². The second kappa shape index (κ2) is 5.58. The summed E-state index contributed by atoms with van der Waals surface area (Å²) in [5.74, 6) is -1.09. The number of hydrogen-bond acceptors (Lipinski definition) is 5. The van der Waals surface area contributed by atoms with Gasteiger partial charge in [0.05, 0.1) is 11.0 Å². The lowest BCUT2D eigenvalue weighted by atomic mass is 10.1. The van der Waals surface area contributed by atoms with Gasteiger partial charge in [0, 0.05) is 11.8 Å². The lowest BCUT2D eigenvalue weighted by Gasteiger charge is -2.09. The molecule has 0 spiro atoms. The zero-order valence-corrected chi connectivity index (χ0v) is 11.4. The second-order valence-electron chi connectivity index (χ2n) is 4.47. The highest BCUT2D eigenvalue weighted by atomic mass is 16.6. The summed E-state index contributed by atoms with van der Waals surface area (Å²) < 4.78 is 5.38. The molecule has 108 valence electrons. The molecular weight excluding hydrogens is 276 g/mol. The summed E-state index contributed by atoms with van der Waals surface area (Å²) in [6.07, 6.45) is 1.31. The van der Waals surface area contributed by atoms with Gasteiger partial charge in [-0.15, -0.1) is 0 Å².